The van der Waals surface area contributed by atoms with Crippen molar-refractivity contribution < 1.29 is 29.0 Å². The monoisotopic (exact) mass is 480 g/mol. The number of carboxylic acids is 1. The fourth-order valence-electron chi connectivity index (χ4n) is 5.52. The molecule has 8 heteroatoms. The first-order valence-electron chi connectivity index (χ1n) is 11.9. The van der Waals surface area contributed by atoms with E-state index in [1.807, 2.05) is 36.4 Å². The quantitative estimate of drug-likeness (QED) is 0.596. The van der Waals surface area contributed by atoms with Crippen molar-refractivity contribution in [1.29, 1.82) is 0 Å². The highest BCUT2D eigenvalue weighted by atomic mass is 16.5. The van der Waals surface area contributed by atoms with E-state index in [0.29, 0.717) is 12.8 Å². The van der Waals surface area contributed by atoms with Crippen molar-refractivity contribution in [1.82, 2.24) is 10.2 Å². The van der Waals surface area contributed by atoms with Crippen LogP contribution in [-0.2, 0) is 19.1 Å². The van der Waals surface area contributed by atoms with Crippen LogP contribution in [0.5, 0.6) is 0 Å². The highest BCUT2D eigenvalue weighted by Crippen LogP contribution is 2.44. The van der Waals surface area contributed by atoms with Crippen LogP contribution in [0.2, 0.25) is 0 Å². The third-order valence-corrected chi connectivity index (χ3v) is 7.40. The maximum atomic E-state index is 13.5. The van der Waals surface area contributed by atoms with Crippen LogP contribution in [0, 0.1) is 0 Å². The number of ether oxygens (including phenoxy) is 2. The number of nitrogens with one attached hydrogen (secondary N) is 1. The van der Waals surface area contributed by atoms with Crippen molar-refractivity contribution in [2.45, 2.75) is 49.6 Å². The SMILES string of the molecule is COCC(C)(NC(=O)OCC1c2ccccc2-c2ccccc21)C(=O)N(C)C1(C(=O)O)CCCC1. The molecular weight excluding hydrogens is 448 g/mol. The Morgan fingerprint density at radius 3 is 2.11 bits per heavy atom. The highest BCUT2D eigenvalue weighted by molar-refractivity contribution is 5.94. The minimum Gasteiger partial charge on any atom is -0.479 e. The molecule has 1 fully saturated rings. The third-order valence-electron chi connectivity index (χ3n) is 7.40. The number of hydrogen-bond donors (Lipinski definition) is 2. The van der Waals surface area contributed by atoms with Gasteiger partial charge in [-0.1, -0.05) is 61.4 Å². The Labute approximate surface area is 205 Å². The molecule has 4 rings (SSSR count). The van der Waals surface area contributed by atoms with E-state index in [-0.39, 0.29) is 19.1 Å². The Morgan fingerprint density at radius 2 is 1.60 bits per heavy atom. The third kappa shape index (κ3) is 4.38. The van der Waals surface area contributed by atoms with Crippen molar-refractivity contribution in [3.8, 4) is 11.1 Å². The van der Waals surface area contributed by atoms with Gasteiger partial charge in [0.15, 0.2) is 0 Å². The molecule has 2 amide bonds. The van der Waals surface area contributed by atoms with Crippen LogP contribution in [-0.4, -0.2) is 66.4 Å². The lowest BCUT2D eigenvalue weighted by atomic mass is 9.92. The molecule has 1 saturated carbocycles. The number of fused-ring (bicyclic) bond motifs is 3. The van der Waals surface area contributed by atoms with Gasteiger partial charge in [-0.25, -0.2) is 9.59 Å². The zero-order valence-corrected chi connectivity index (χ0v) is 20.4. The van der Waals surface area contributed by atoms with Crippen LogP contribution < -0.4 is 5.32 Å². The maximum absolute atomic E-state index is 13.5. The van der Waals surface area contributed by atoms with Crippen molar-refractivity contribution in [3.05, 3.63) is 59.7 Å². The molecule has 8 nitrogen and oxygen atoms in total. The van der Waals surface area contributed by atoms with Crippen molar-refractivity contribution in [2.75, 3.05) is 27.4 Å². The van der Waals surface area contributed by atoms with Gasteiger partial charge in [-0.15, -0.1) is 0 Å². The molecule has 35 heavy (non-hydrogen) atoms. The predicted octanol–water partition coefficient (Wildman–Crippen LogP) is 3.79. The summed E-state index contributed by atoms with van der Waals surface area (Å²) in [7, 11) is 2.91. The molecule has 0 spiro atoms. The number of likely N-dealkylation sites (N-methyl/N-ethyl adjacent to an activating group) is 1. The summed E-state index contributed by atoms with van der Waals surface area (Å²) in [6.45, 7) is 1.50. The fourth-order valence-corrected chi connectivity index (χ4v) is 5.52. The lowest BCUT2D eigenvalue weighted by molar-refractivity contribution is -0.160. The van der Waals surface area contributed by atoms with Crippen LogP contribution in [0.3, 0.4) is 0 Å². The number of aliphatic carboxylic acids is 1. The number of benzene rings is 2. The summed E-state index contributed by atoms with van der Waals surface area (Å²) < 4.78 is 10.9. The second kappa shape index (κ2) is 9.70. The molecule has 0 bridgehead atoms. The minimum absolute atomic E-state index is 0.103. The van der Waals surface area contributed by atoms with Crippen LogP contribution in [0.4, 0.5) is 4.79 Å². The molecule has 2 aliphatic carbocycles. The van der Waals surface area contributed by atoms with Gasteiger partial charge >= 0.3 is 12.1 Å². The molecule has 2 N–H and O–H groups in total. The summed E-state index contributed by atoms with van der Waals surface area (Å²) in [6, 6.07) is 16.1. The van der Waals surface area contributed by atoms with Crippen molar-refractivity contribution in [2.24, 2.45) is 0 Å². The molecular formula is C27H32N2O6. The molecule has 1 unspecified atom stereocenters. The number of carbonyl (C=O) groups excluding carboxylic acids is 2. The Morgan fingerprint density at radius 1 is 1.06 bits per heavy atom. The van der Waals surface area contributed by atoms with E-state index >= 15 is 0 Å². The van der Waals surface area contributed by atoms with Crippen LogP contribution in [0.15, 0.2) is 48.5 Å². The number of rotatable bonds is 8. The number of nitrogens with zero attached hydrogens (tertiary/aromatic N) is 1. The Kier molecular flexibility index (Phi) is 6.85. The van der Waals surface area contributed by atoms with Gasteiger partial charge < -0.3 is 24.8 Å². The average molecular weight is 481 g/mol. The lowest BCUT2D eigenvalue weighted by Gasteiger charge is -2.40. The first kappa shape index (κ1) is 24.7. The number of carbonyl (C=O) groups is 3. The van der Waals surface area contributed by atoms with Crippen molar-refractivity contribution >= 4 is 18.0 Å². The van der Waals surface area contributed by atoms with E-state index in [0.717, 1.165) is 35.1 Å². The summed E-state index contributed by atoms with van der Waals surface area (Å²) in [6.07, 6.45) is 1.44. The summed E-state index contributed by atoms with van der Waals surface area (Å²) in [4.78, 5) is 39.7. The second-order valence-corrected chi connectivity index (χ2v) is 9.62. The first-order chi connectivity index (χ1) is 16.7. The predicted molar refractivity (Wildman–Crippen MR) is 130 cm³/mol. The number of carboxylic acid groups (broad SMARTS) is 1. The molecule has 186 valence electrons. The van der Waals surface area contributed by atoms with Gasteiger partial charge in [0.05, 0.1) is 6.61 Å². The molecule has 2 aromatic rings. The van der Waals surface area contributed by atoms with Crippen molar-refractivity contribution in [3.63, 3.8) is 0 Å². The largest absolute Gasteiger partial charge is 0.479 e. The summed E-state index contributed by atoms with van der Waals surface area (Å²) in [5.74, 6) is -1.68. The van der Waals surface area contributed by atoms with E-state index in [1.165, 1.54) is 26.0 Å². The first-order valence-corrected chi connectivity index (χ1v) is 11.9. The zero-order valence-electron chi connectivity index (χ0n) is 20.4. The van der Waals surface area contributed by atoms with E-state index in [4.69, 9.17) is 9.47 Å². The minimum atomic E-state index is -1.49. The van der Waals surface area contributed by atoms with E-state index in [2.05, 4.69) is 17.4 Å². The van der Waals surface area contributed by atoms with Crippen LogP contribution in [0.1, 0.15) is 49.7 Å². The molecule has 0 aromatic heterocycles. The van der Waals surface area contributed by atoms with Gasteiger partial charge in [0, 0.05) is 20.1 Å². The molecule has 1 atom stereocenters. The number of methoxy groups -OCH3 is 1. The normalized spacial score (nSPS) is 17.7. The summed E-state index contributed by atoms with van der Waals surface area (Å²) in [5, 5.41) is 12.5. The van der Waals surface area contributed by atoms with E-state index in [9.17, 15) is 19.5 Å². The van der Waals surface area contributed by atoms with Crippen LogP contribution >= 0.6 is 0 Å². The van der Waals surface area contributed by atoms with E-state index in [1.54, 1.807) is 0 Å². The van der Waals surface area contributed by atoms with Gasteiger partial charge in [0.2, 0.25) is 0 Å². The summed E-state index contributed by atoms with van der Waals surface area (Å²) >= 11 is 0. The fraction of sp³-hybridized carbons (Fsp3) is 0.444. The van der Waals surface area contributed by atoms with Gasteiger partial charge in [0.25, 0.3) is 5.91 Å². The molecule has 2 aromatic carbocycles. The topological polar surface area (TPSA) is 105 Å². The summed E-state index contributed by atoms with van der Waals surface area (Å²) in [5.41, 5.74) is 1.64. The molecule has 0 saturated heterocycles. The number of hydrogen-bond acceptors (Lipinski definition) is 5. The van der Waals surface area contributed by atoms with Gasteiger partial charge in [-0.3, -0.25) is 4.79 Å². The molecule has 0 aliphatic heterocycles. The van der Waals surface area contributed by atoms with Gasteiger partial charge in [-0.2, -0.15) is 0 Å². The number of alkyl carbamates (subject to hydrolysis) is 1. The Bertz CT molecular complexity index is 1080. The smallest absolute Gasteiger partial charge is 0.408 e. The Hall–Kier alpha value is -3.39. The molecule has 2 aliphatic rings. The molecule has 0 radical (unpaired) electrons. The standard InChI is InChI=1S/C27H32N2O6/c1-26(17-34-3,23(30)29(2)27(24(31)32)14-8-9-15-27)28-25(33)35-16-22-20-12-6-4-10-18(20)19-11-5-7-13-21(19)22/h4-7,10-13,22H,8-9,14-17H2,1-3H3,(H,28,33)(H,31,32). The second-order valence-electron chi connectivity index (χ2n) is 9.62. The number of amides is 2. The Balaban J connectivity index is 1.49. The van der Waals surface area contributed by atoms with Gasteiger partial charge in [-0.05, 0) is 42.0 Å². The maximum Gasteiger partial charge on any atom is 0.408 e. The van der Waals surface area contributed by atoms with Gasteiger partial charge in [0.1, 0.15) is 17.7 Å². The van der Waals surface area contributed by atoms with Crippen LogP contribution in [0.25, 0.3) is 11.1 Å². The zero-order chi connectivity index (χ0) is 25.2. The lowest BCUT2D eigenvalue weighted by Crippen LogP contribution is -2.65. The highest BCUT2D eigenvalue weighted by Gasteiger charge is 2.51. The van der Waals surface area contributed by atoms with E-state index < -0.39 is 29.0 Å². The molecule has 0 heterocycles. The average Bonchev–Trinajstić information content (AvgIpc) is 3.46.